The zero-order valence-electron chi connectivity index (χ0n) is 7.55. The maximum Gasteiger partial charge on any atom is 0.157 e. The Morgan fingerprint density at radius 3 is 3.00 bits per heavy atom. The highest BCUT2D eigenvalue weighted by Crippen LogP contribution is 2.07. The van der Waals surface area contributed by atoms with Crippen LogP contribution in [0, 0.1) is 0 Å². The van der Waals surface area contributed by atoms with Crippen molar-refractivity contribution in [1.82, 2.24) is 9.78 Å². The number of ether oxygens (including phenoxy) is 1. The van der Waals surface area contributed by atoms with Gasteiger partial charge in [0.15, 0.2) is 5.75 Å². The van der Waals surface area contributed by atoms with Gasteiger partial charge in [-0.25, -0.2) is 0 Å². The van der Waals surface area contributed by atoms with Crippen LogP contribution in [-0.4, -0.2) is 39.3 Å². The van der Waals surface area contributed by atoms with Gasteiger partial charge in [-0.05, 0) is 6.92 Å². The van der Waals surface area contributed by atoms with Gasteiger partial charge >= 0.3 is 0 Å². The maximum atomic E-state index is 8.98. The molecule has 0 saturated heterocycles. The predicted molar refractivity (Wildman–Crippen MR) is 46.5 cm³/mol. The fourth-order valence-electron chi connectivity index (χ4n) is 0.837. The molecule has 0 spiro atoms. The fraction of sp³-hybridized carbons (Fsp3) is 0.625. The third kappa shape index (κ3) is 3.04. The average Bonchev–Trinajstić information content (AvgIpc) is 2.61. The van der Waals surface area contributed by atoms with E-state index in [0.29, 0.717) is 5.75 Å². The van der Waals surface area contributed by atoms with Crippen molar-refractivity contribution in [2.24, 2.45) is 0 Å². The van der Waals surface area contributed by atoms with Gasteiger partial charge in [-0.15, -0.1) is 0 Å². The summed E-state index contributed by atoms with van der Waals surface area (Å²) in [7, 11) is 0. The Morgan fingerprint density at radius 1 is 1.69 bits per heavy atom. The maximum absolute atomic E-state index is 8.98. The third-order valence-corrected chi connectivity index (χ3v) is 1.59. The first-order chi connectivity index (χ1) is 6.26. The number of aromatic nitrogens is 2. The molecule has 5 heteroatoms. The van der Waals surface area contributed by atoms with Gasteiger partial charge in [0, 0.05) is 6.54 Å². The molecule has 1 unspecified atom stereocenters. The summed E-state index contributed by atoms with van der Waals surface area (Å²) in [6.07, 6.45) is 2.49. The summed E-state index contributed by atoms with van der Waals surface area (Å²) >= 11 is 0. The van der Waals surface area contributed by atoms with Crippen molar-refractivity contribution in [3.63, 3.8) is 0 Å². The van der Waals surface area contributed by atoms with Gasteiger partial charge in [0.1, 0.15) is 12.7 Å². The lowest BCUT2D eigenvalue weighted by Crippen LogP contribution is -2.21. The Morgan fingerprint density at radius 2 is 2.46 bits per heavy atom. The van der Waals surface area contributed by atoms with Crippen molar-refractivity contribution in [3.05, 3.63) is 12.4 Å². The standard InChI is InChI=1S/C8H14N2O3/c1-2-10-4-8(3-9-10)13-6-7(12)5-11/h3-4,7,11-12H,2,5-6H2,1H3. The van der Waals surface area contributed by atoms with Crippen LogP contribution in [-0.2, 0) is 6.54 Å². The lowest BCUT2D eigenvalue weighted by molar-refractivity contribution is 0.0536. The van der Waals surface area contributed by atoms with Crippen molar-refractivity contribution in [2.75, 3.05) is 13.2 Å². The average molecular weight is 186 g/mol. The first kappa shape index (κ1) is 10.0. The van der Waals surface area contributed by atoms with Crippen molar-refractivity contribution < 1.29 is 14.9 Å². The smallest absolute Gasteiger partial charge is 0.157 e. The van der Waals surface area contributed by atoms with Crippen molar-refractivity contribution in [2.45, 2.75) is 19.6 Å². The lowest BCUT2D eigenvalue weighted by Gasteiger charge is -2.06. The minimum atomic E-state index is -0.829. The van der Waals surface area contributed by atoms with Gasteiger partial charge in [0.25, 0.3) is 0 Å². The molecule has 0 amide bonds. The first-order valence-corrected chi connectivity index (χ1v) is 4.20. The molecule has 74 valence electrons. The summed E-state index contributed by atoms with van der Waals surface area (Å²) in [5.41, 5.74) is 0. The number of rotatable bonds is 5. The van der Waals surface area contributed by atoms with Gasteiger partial charge in [-0.1, -0.05) is 0 Å². The number of hydrogen-bond acceptors (Lipinski definition) is 4. The summed E-state index contributed by atoms with van der Waals surface area (Å²) in [6, 6.07) is 0. The largest absolute Gasteiger partial charge is 0.488 e. The molecule has 5 nitrogen and oxygen atoms in total. The van der Waals surface area contributed by atoms with E-state index in [1.165, 1.54) is 0 Å². The molecule has 0 aliphatic rings. The lowest BCUT2D eigenvalue weighted by atomic mass is 10.4. The van der Waals surface area contributed by atoms with Crippen molar-refractivity contribution in [1.29, 1.82) is 0 Å². The van der Waals surface area contributed by atoms with Crippen LogP contribution >= 0.6 is 0 Å². The Hall–Kier alpha value is -1.07. The quantitative estimate of drug-likeness (QED) is 0.658. The molecule has 2 N–H and O–H groups in total. The third-order valence-electron chi connectivity index (χ3n) is 1.59. The fourth-order valence-corrected chi connectivity index (χ4v) is 0.837. The van der Waals surface area contributed by atoms with E-state index in [0.717, 1.165) is 6.54 Å². The Labute approximate surface area is 76.6 Å². The molecule has 0 bridgehead atoms. The molecule has 0 fully saturated rings. The molecule has 1 heterocycles. The molecular formula is C8H14N2O3. The van der Waals surface area contributed by atoms with Gasteiger partial charge < -0.3 is 14.9 Å². The van der Waals surface area contributed by atoms with Crippen LogP contribution in [0.4, 0.5) is 0 Å². The molecule has 1 rings (SSSR count). The summed E-state index contributed by atoms with van der Waals surface area (Å²) in [4.78, 5) is 0. The normalized spacial score (nSPS) is 12.8. The molecule has 1 aromatic heterocycles. The van der Waals surface area contributed by atoms with Gasteiger partial charge in [-0.2, -0.15) is 5.10 Å². The van der Waals surface area contributed by atoms with Crippen LogP contribution in [0.3, 0.4) is 0 Å². The molecule has 1 aromatic rings. The number of nitrogens with zero attached hydrogens (tertiary/aromatic N) is 2. The van der Waals surface area contributed by atoms with Crippen LogP contribution in [0.1, 0.15) is 6.92 Å². The second kappa shape index (κ2) is 4.84. The molecule has 1 atom stereocenters. The summed E-state index contributed by atoms with van der Waals surface area (Å²) < 4.78 is 6.87. The molecule has 0 aromatic carbocycles. The van der Waals surface area contributed by atoms with E-state index < -0.39 is 6.10 Å². The van der Waals surface area contributed by atoms with Crippen molar-refractivity contribution >= 4 is 0 Å². The number of aliphatic hydroxyl groups is 2. The Kier molecular flexibility index (Phi) is 3.72. The zero-order valence-corrected chi connectivity index (χ0v) is 7.55. The highest BCUT2D eigenvalue weighted by atomic mass is 16.5. The molecule has 0 aliphatic heterocycles. The minimum Gasteiger partial charge on any atom is -0.488 e. The van der Waals surface area contributed by atoms with Gasteiger partial charge in [0.2, 0.25) is 0 Å². The van der Waals surface area contributed by atoms with Crippen LogP contribution in [0.25, 0.3) is 0 Å². The van der Waals surface area contributed by atoms with E-state index in [2.05, 4.69) is 5.10 Å². The highest BCUT2D eigenvalue weighted by molar-refractivity contribution is 5.11. The second-order valence-corrected chi connectivity index (χ2v) is 2.68. The molecule has 0 radical (unpaired) electrons. The molecule has 0 saturated carbocycles. The molecular weight excluding hydrogens is 172 g/mol. The second-order valence-electron chi connectivity index (χ2n) is 2.68. The summed E-state index contributed by atoms with van der Waals surface area (Å²) in [5, 5.41) is 21.5. The highest BCUT2D eigenvalue weighted by Gasteiger charge is 2.03. The minimum absolute atomic E-state index is 0.0892. The topological polar surface area (TPSA) is 67.5 Å². The van der Waals surface area contributed by atoms with E-state index in [9.17, 15) is 0 Å². The van der Waals surface area contributed by atoms with Crippen LogP contribution < -0.4 is 4.74 Å². The van der Waals surface area contributed by atoms with Crippen LogP contribution in [0.2, 0.25) is 0 Å². The number of hydrogen-bond donors (Lipinski definition) is 2. The monoisotopic (exact) mass is 186 g/mol. The van der Waals surface area contributed by atoms with Gasteiger partial charge in [0.05, 0.1) is 19.0 Å². The number of aryl methyl sites for hydroxylation is 1. The van der Waals surface area contributed by atoms with E-state index >= 15 is 0 Å². The zero-order chi connectivity index (χ0) is 9.68. The predicted octanol–water partition coefficient (Wildman–Crippen LogP) is -0.365. The van der Waals surface area contributed by atoms with E-state index in [-0.39, 0.29) is 13.2 Å². The SMILES string of the molecule is CCn1cc(OCC(O)CO)cn1. The van der Waals surface area contributed by atoms with Gasteiger partial charge in [-0.3, -0.25) is 4.68 Å². The summed E-state index contributed by atoms with van der Waals surface area (Å²) in [6.45, 7) is 2.55. The van der Waals surface area contributed by atoms with E-state index in [1.807, 2.05) is 6.92 Å². The van der Waals surface area contributed by atoms with Crippen LogP contribution in [0.15, 0.2) is 12.4 Å². The van der Waals surface area contributed by atoms with Crippen LogP contribution in [0.5, 0.6) is 5.75 Å². The summed E-state index contributed by atoms with van der Waals surface area (Å²) in [5.74, 6) is 0.606. The molecule has 13 heavy (non-hydrogen) atoms. The van der Waals surface area contributed by atoms with E-state index in [4.69, 9.17) is 14.9 Å². The van der Waals surface area contributed by atoms with Crippen molar-refractivity contribution in [3.8, 4) is 5.75 Å². The van der Waals surface area contributed by atoms with E-state index in [1.54, 1.807) is 17.1 Å². The number of aliphatic hydroxyl groups excluding tert-OH is 2. The Balaban J connectivity index is 2.36. The Bertz CT molecular complexity index is 249. The molecule has 0 aliphatic carbocycles. The first-order valence-electron chi connectivity index (χ1n) is 4.20.